The van der Waals surface area contributed by atoms with Gasteiger partial charge in [0.2, 0.25) is 5.28 Å². The Bertz CT molecular complexity index is 792. The van der Waals surface area contributed by atoms with Crippen molar-refractivity contribution in [1.29, 1.82) is 0 Å². The first-order chi connectivity index (χ1) is 11.7. The van der Waals surface area contributed by atoms with Crippen LogP contribution in [0.3, 0.4) is 0 Å². The molecule has 1 aromatic carbocycles. The number of fused-ring (bicyclic) bond motifs is 1. The average Bonchev–Trinajstić information content (AvgIpc) is 2.98. The topological polar surface area (TPSA) is 67.3 Å². The molecule has 25 heavy (non-hydrogen) atoms. The molecule has 1 aliphatic rings. The summed E-state index contributed by atoms with van der Waals surface area (Å²) in [6, 6.07) is 5.80. The molecule has 0 unspecified atom stereocenters. The molecule has 0 radical (unpaired) electrons. The number of carbonyl (C=O) groups excluding carboxylic acids is 1. The molecule has 1 aromatic heterocycles. The molecule has 0 spiro atoms. The minimum Gasteiger partial charge on any atom is -0.443 e. The van der Waals surface area contributed by atoms with Gasteiger partial charge in [-0.05, 0) is 70.0 Å². The number of anilines is 1. The predicted octanol–water partition coefficient (Wildman–Crippen LogP) is 3.70. The zero-order valence-corrected chi connectivity index (χ0v) is 15.7. The number of aromatic nitrogens is 2. The Labute approximate surface area is 152 Å². The first-order valence-electron chi connectivity index (χ1n) is 8.41. The Kier molecular flexibility index (Phi) is 4.84. The fourth-order valence-corrected chi connectivity index (χ4v) is 3.13. The third-order valence-electron chi connectivity index (χ3n) is 4.02. The second kappa shape index (κ2) is 6.77. The van der Waals surface area contributed by atoms with Crippen LogP contribution in [-0.4, -0.2) is 40.8 Å². The lowest BCUT2D eigenvalue weighted by Crippen LogP contribution is -2.45. The molecule has 1 fully saturated rings. The fraction of sp³-hybridized carbons (Fsp3) is 0.500. The van der Waals surface area contributed by atoms with Crippen LogP contribution in [0.2, 0.25) is 5.28 Å². The summed E-state index contributed by atoms with van der Waals surface area (Å²) < 4.78 is 5.63. The lowest BCUT2D eigenvalue weighted by Gasteiger charge is -2.31. The molecule has 1 N–H and O–H groups in total. The first-order valence-corrected chi connectivity index (χ1v) is 8.79. The Morgan fingerprint density at radius 2 is 2.12 bits per heavy atom. The van der Waals surface area contributed by atoms with Crippen LogP contribution in [0, 0.1) is 6.92 Å². The molecule has 134 valence electrons. The van der Waals surface area contributed by atoms with Gasteiger partial charge in [-0.1, -0.05) is 6.07 Å². The normalized spacial score (nSPS) is 17.7. The van der Waals surface area contributed by atoms with Crippen LogP contribution >= 0.6 is 11.6 Å². The number of hydrogen-bond acceptors (Lipinski definition) is 5. The molecule has 0 aliphatic carbocycles. The van der Waals surface area contributed by atoms with Crippen LogP contribution in [0.15, 0.2) is 18.2 Å². The number of carbonyl (C=O) groups is 1. The van der Waals surface area contributed by atoms with E-state index in [0.29, 0.717) is 12.4 Å². The van der Waals surface area contributed by atoms with Crippen molar-refractivity contribution in [3.63, 3.8) is 0 Å². The second-order valence-electron chi connectivity index (χ2n) is 7.33. The molecular formula is C18H23ClN4O2. The van der Waals surface area contributed by atoms with Gasteiger partial charge >= 0.3 is 6.09 Å². The third kappa shape index (κ3) is 4.02. The van der Waals surface area contributed by atoms with E-state index in [2.05, 4.69) is 15.3 Å². The highest BCUT2D eigenvalue weighted by atomic mass is 35.5. The monoisotopic (exact) mass is 362 g/mol. The van der Waals surface area contributed by atoms with Crippen LogP contribution in [0.4, 0.5) is 10.6 Å². The maximum absolute atomic E-state index is 12.9. The van der Waals surface area contributed by atoms with Gasteiger partial charge in [0.05, 0.1) is 11.6 Å². The zero-order valence-electron chi connectivity index (χ0n) is 15.0. The summed E-state index contributed by atoms with van der Waals surface area (Å²) in [7, 11) is 0. The van der Waals surface area contributed by atoms with Crippen LogP contribution in [0.25, 0.3) is 10.9 Å². The molecule has 0 bridgehead atoms. The first kappa shape index (κ1) is 17.9. The van der Waals surface area contributed by atoms with E-state index in [1.807, 2.05) is 45.9 Å². The number of ether oxygens (including phenoxy) is 1. The van der Waals surface area contributed by atoms with Crippen molar-refractivity contribution in [2.75, 3.05) is 18.0 Å². The van der Waals surface area contributed by atoms with Crippen molar-refractivity contribution in [2.24, 2.45) is 0 Å². The van der Waals surface area contributed by atoms with E-state index in [1.165, 1.54) is 0 Å². The summed E-state index contributed by atoms with van der Waals surface area (Å²) >= 11 is 6.15. The van der Waals surface area contributed by atoms with Crippen LogP contribution < -0.4 is 10.2 Å². The van der Waals surface area contributed by atoms with Gasteiger partial charge in [-0.15, -0.1) is 0 Å². The molecule has 3 rings (SSSR count). The van der Waals surface area contributed by atoms with Crippen molar-refractivity contribution < 1.29 is 9.53 Å². The smallest absolute Gasteiger partial charge is 0.416 e. The number of hydrogen-bond donors (Lipinski definition) is 1. The van der Waals surface area contributed by atoms with Gasteiger partial charge in [0, 0.05) is 11.9 Å². The molecule has 7 heteroatoms. The minimum absolute atomic E-state index is 0.0367. The number of benzene rings is 1. The fourth-order valence-electron chi connectivity index (χ4n) is 2.96. The summed E-state index contributed by atoms with van der Waals surface area (Å²) in [5, 5.41) is 4.19. The number of rotatable bonds is 2. The molecule has 2 aromatic rings. The Balaban J connectivity index is 2.12. The highest BCUT2D eigenvalue weighted by Crippen LogP contribution is 2.30. The van der Waals surface area contributed by atoms with E-state index in [0.717, 1.165) is 29.4 Å². The van der Waals surface area contributed by atoms with E-state index in [4.69, 9.17) is 16.3 Å². The van der Waals surface area contributed by atoms with Gasteiger partial charge in [-0.2, -0.15) is 4.98 Å². The lowest BCUT2D eigenvalue weighted by molar-refractivity contribution is 0.0567. The highest BCUT2D eigenvalue weighted by Gasteiger charge is 2.33. The standard InChI is InChI=1S/C18H23ClN4O2/c1-11-5-6-13-14(9-11)21-16(19)22-15(13)23(12-7-8-20-10-12)17(24)25-18(2,3)4/h5-6,9,12,20H,7-8,10H2,1-4H3/t12-/m1/s1. The van der Waals surface area contributed by atoms with E-state index < -0.39 is 11.7 Å². The number of aryl methyl sites for hydroxylation is 1. The van der Waals surface area contributed by atoms with E-state index in [9.17, 15) is 4.79 Å². The lowest BCUT2D eigenvalue weighted by atomic mass is 10.1. The van der Waals surface area contributed by atoms with Gasteiger partial charge in [0.1, 0.15) is 5.60 Å². The van der Waals surface area contributed by atoms with E-state index in [-0.39, 0.29) is 11.3 Å². The predicted molar refractivity (Wildman–Crippen MR) is 99.3 cm³/mol. The maximum atomic E-state index is 12.9. The average molecular weight is 363 g/mol. The number of nitrogens with one attached hydrogen (secondary N) is 1. The zero-order chi connectivity index (χ0) is 18.2. The van der Waals surface area contributed by atoms with Gasteiger partial charge in [0.15, 0.2) is 5.82 Å². The van der Waals surface area contributed by atoms with Gasteiger partial charge in [-0.25, -0.2) is 9.78 Å². The highest BCUT2D eigenvalue weighted by molar-refractivity contribution is 6.29. The molecule has 2 heterocycles. The second-order valence-corrected chi connectivity index (χ2v) is 7.67. The quantitative estimate of drug-likeness (QED) is 0.825. The third-order valence-corrected chi connectivity index (χ3v) is 4.19. The summed E-state index contributed by atoms with van der Waals surface area (Å²) in [4.78, 5) is 23.2. The van der Waals surface area contributed by atoms with Gasteiger partial charge < -0.3 is 10.1 Å². The van der Waals surface area contributed by atoms with E-state index in [1.54, 1.807) is 4.90 Å². The molecule has 1 saturated heterocycles. The van der Waals surface area contributed by atoms with Crippen molar-refractivity contribution in [3.8, 4) is 0 Å². The van der Waals surface area contributed by atoms with Crippen molar-refractivity contribution in [1.82, 2.24) is 15.3 Å². The molecule has 1 aliphatic heterocycles. The summed E-state index contributed by atoms with van der Waals surface area (Å²) in [5.74, 6) is 0.498. The van der Waals surface area contributed by atoms with Crippen LogP contribution in [-0.2, 0) is 4.74 Å². The largest absolute Gasteiger partial charge is 0.443 e. The summed E-state index contributed by atoms with van der Waals surface area (Å²) in [6.07, 6.45) is 0.409. The van der Waals surface area contributed by atoms with Crippen LogP contribution in [0.5, 0.6) is 0 Å². The Morgan fingerprint density at radius 1 is 1.36 bits per heavy atom. The van der Waals surface area contributed by atoms with E-state index >= 15 is 0 Å². The summed E-state index contributed by atoms with van der Waals surface area (Å²) in [6.45, 7) is 9.08. The molecule has 1 amide bonds. The number of halogens is 1. The van der Waals surface area contributed by atoms with Crippen LogP contribution in [0.1, 0.15) is 32.8 Å². The molecular weight excluding hydrogens is 340 g/mol. The van der Waals surface area contributed by atoms with Gasteiger partial charge in [-0.3, -0.25) is 4.90 Å². The number of nitrogens with zero attached hydrogens (tertiary/aromatic N) is 3. The van der Waals surface area contributed by atoms with Crippen molar-refractivity contribution in [2.45, 2.75) is 45.8 Å². The summed E-state index contributed by atoms with van der Waals surface area (Å²) in [5.41, 5.74) is 1.19. The Morgan fingerprint density at radius 3 is 2.76 bits per heavy atom. The number of amides is 1. The maximum Gasteiger partial charge on any atom is 0.416 e. The Hall–Kier alpha value is -1.92. The van der Waals surface area contributed by atoms with Crippen molar-refractivity contribution >= 4 is 34.4 Å². The molecule has 6 nitrogen and oxygen atoms in total. The minimum atomic E-state index is -0.593. The van der Waals surface area contributed by atoms with Gasteiger partial charge in [0.25, 0.3) is 0 Å². The molecule has 0 saturated carbocycles. The molecule has 1 atom stereocenters. The van der Waals surface area contributed by atoms with Crippen molar-refractivity contribution in [3.05, 3.63) is 29.0 Å². The SMILES string of the molecule is Cc1ccc2c(N(C(=O)OC(C)(C)C)[C@@H]3CCNC3)nc(Cl)nc2c1.